The van der Waals surface area contributed by atoms with Crippen LogP contribution in [0.4, 0.5) is 10.7 Å². The molecular formula is C9H11N5O3. The van der Waals surface area contributed by atoms with Crippen molar-refractivity contribution in [1.29, 1.82) is 0 Å². The summed E-state index contributed by atoms with van der Waals surface area (Å²) in [7, 11) is 1.22. The summed E-state index contributed by atoms with van der Waals surface area (Å²) in [6.07, 6.45) is -0.842. The lowest BCUT2D eigenvalue weighted by molar-refractivity contribution is 0.119. The van der Waals surface area contributed by atoms with Gasteiger partial charge in [-0.15, -0.1) is 15.3 Å². The van der Waals surface area contributed by atoms with Crippen LogP contribution in [0.2, 0.25) is 0 Å². The molecule has 0 saturated carbocycles. The van der Waals surface area contributed by atoms with Crippen LogP contribution >= 0.6 is 0 Å². The summed E-state index contributed by atoms with van der Waals surface area (Å²) in [5.41, 5.74) is 7.56. The van der Waals surface area contributed by atoms with Crippen LogP contribution in [0.25, 0.3) is 5.65 Å². The first-order valence-corrected chi connectivity index (χ1v) is 4.78. The smallest absolute Gasteiger partial charge is 0.437 e. The molecule has 0 fully saturated rings. The van der Waals surface area contributed by atoms with Crippen molar-refractivity contribution in [2.24, 2.45) is 0 Å². The van der Waals surface area contributed by atoms with E-state index in [4.69, 9.17) is 10.5 Å². The van der Waals surface area contributed by atoms with Gasteiger partial charge in [-0.3, -0.25) is 0 Å². The predicted molar refractivity (Wildman–Crippen MR) is 57.7 cm³/mol. The van der Waals surface area contributed by atoms with Gasteiger partial charge in [-0.1, -0.05) is 0 Å². The Morgan fingerprint density at radius 3 is 2.65 bits per heavy atom. The minimum atomic E-state index is -0.842. The largest absolute Gasteiger partial charge is 0.514 e. The number of nitrogens with zero attached hydrogens (tertiary/aromatic N) is 4. The summed E-state index contributed by atoms with van der Waals surface area (Å²) in [5, 5.41) is 11.6. The molecular weight excluding hydrogens is 226 g/mol. The van der Waals surface area contributed by atoms with Gasteiger partial charge in [0.25, 0.3) is 0 Å². The van der Waals surface area contributed by atoms with E-state index >= 15 is 0 Å². The molecule has 2 heterocycles. The number of methoxy groups -OCH3 is 1. The summed E-state index contributed by atoms with van der Waals surface area (Å²) >= 11 is 0. The molecule has 0 atom stereocenters. The minimum Gasteiger partial charge on any atom is -0.437 e. The zero-order chi connectivity index (χ0) is 12.6. The summed E-state index contributed by atoms with van der Waals surface area (Å²) in [6.45, 7) is 3.57. The summed E-state index contributed by atoms with van der Waals surface area (Å²) < 4.78 is 10.6. The Bertz CT molecular complexity index is 592. The fourth-order valence-corrected chi connectivity index (χ4v) is 1.34. The lowest BCUT2D eigenvalue weighted by Gasteiger charge is -2.08. The molecule has 0 unspecified atom stereocenters. The molecule has 0 aliphatic heterocycles. The Balaban J connectivity index is 2.59. The van der Waals surface area contributed by atoms with Gasteiger partial charge in [0.1, 0.15) is 0 Å². The van der Waals surface area contributed by atoms with E-state index in [9.17, 15) is 4.79 Å². The second-order valence-electron chi connectivity index (χ2n) is 3.40. The number of carbonyl (C=O) groups excluding carboxylic acids is 1. The predicted octanol–water partition coefficient (Wildman–Crippen LogP) is 0.469. The maximum Gasteiger partial charge on any atom is 0.514 e. The monoisotopic (exact) mass is 237 g/mol. The Morgan fingerprint density at radius 1 is 1.29 bits per heavy atom. The summed E-state index contributed by atoms with van der Waals surface area (Å²) in [5.74, 6) is 0.242. The molecule has 2 N–H and O–H groups in total. The zero-order valence-corrected chi connectivity index (χ0v) is 9.59. The van der Waals surface area contributed by atoms with Crippen LogP contribution in [0.15, 0.2) is 0 Å². The molecule has 8 heteroatoms. The van der Waals surface area contributed by atoms with Crippen molar-refractivity contribution in [1.82, 2.24) is 19.8 Å². The quantitative estimate of drug-likeness (QED) is 0.718. The number of anilines is 1. The van der Waals surface area contributed by atoms with Crippen molar-refractivity contribution in [2.45, 2.75) is 13.8 Å². The van der Waals surface area contributed by atoms with E-state index in [-0.39, 0.29) is 11.8 Å². The van der Waals surface area contributed by atoms with Crippen LogP contribution in [0.3, 0.4) is 0 Å². The van der Waals surface area contributed by atoms with Gasteiger partial charge in [0.15, 0.2) is 5.65 Å². The number of ether oxygens (including phenoxy) is 2. The minimum absolute atomic E-state index is 0.119. The van der Waals surface area contributed by atoms with Crippen LogP contribution in [0, 0.1) is 13.8 Å². The number of nitrogen functional groups attached to an aromatic ring is 1. The van der Waals surface area contributed by atoms with Gasteiger partial charge in [0.05, 0.1) is 7.11 Å². The van der Waals surface area contributed by atoms with Crippen molar-refractivity contribution in [3.8, 4) is 5.88 Å². The third-order valence-corrected chi connectivity index (χ3v) is 2.42. The van der Waals surface area contributed by atoms with Crippen LogP contribution in [-0.4, -0.2) is 33.1 Å². The Labute approximate surface area is 96.3 Å². The van der Waals surface area contributed by atoms with E-state index in [1.54, 1.807) is 6.92 Å². The highest BCUT2D eigenvalue weighted by molar-refractivity contribution is 5.64. The normalized spacial score (nSPS) is 10.5. The summed E-state index contributed by atoms with van der Waals surface area (Å²) in [6, 6.07) is 0. The molecule has 2 aromatic rings. The molecule has 90 valence electrons. The topological polar surface area (TPSA) is 105 Å². The highest BCUT2D eigenvalue weighted by Gasteiger charge is 2.16. The Kier molecular flexibility index (Phi) is 2.54. The number of nitrogens with two attached hydrogens (primary N) is 1. The second-order valence-corrected chi connectivity index (χ2v) is 3.40. The fraction of sp³-hybridized carbons (Fsp3) is 0.333. The third kappa shape index (κ3) is 1.73. The SMILES string of the molecule is COC(=O)Oc1nn2c(N)nnc2c(C)c1C. The van der Waals surface area contributed by atoms with E-state index in [1.807, 2.05) is 6.92 Å². The third-order valence-electron chi connectivity index (χ3n) is 2.42. The average Bonchev–Trinajstić information content (AvgIpc) is 2.67. The van der Waals surface area contributed by atoms with Crippen molar-refractivity contribution >= 4 is 17.8 Å². The van der Waals surface area contributed by atoms with Crippen molar-refractivity contribution in [3.63, 3.8) is 0 Å². The number of aryl methyl sites for hydroxylation is 1. The van der Waals surface area contributed by atoms with Gasteiger partial charge in [0.2, 0.25) is 11.8 Å². The van der Waals surface area contributed by atoms with Crippen LogP contribution in [-0.2, 0) is 4.74 Å². The molecule has 2 rings (SSSR count). The molecule has 0 aromatic carbocycles. The van der Waals surface area contributed by atoms with Crippen molar-refractivity contribution in [2.75, 3.05) is 12.8 Å². The lowest BCUT2D eigenvalue weighted by atomic mass is 10.2. The van der Waals surface area contributed by atoms with E-state index in [1.165, 1.54) is 11.6 Å². The first-order chi connectivity index (χ1) is 8.04. The van der Waals surface area contributed by atoms with Gasteiger partial charge in [-0.25, -0.2) is 4.79 Å². The van der Waals surface area contributed by atoms with E-state index in [2.05, 4.69) is 20.0 Å². The number of carbonyl (C=O) groups is 1. The Hall–Kier alpha value is -2.38. The number of fused-ring (bicyclic) bond motifs is 1. The molecule has 17 heavy (non-hydrogen) atoms. The molecule has 8 nitrogen and oxygen atoms in total. The zero-order valence-electron chi connectivity index (χ0n) is 9.59. The van der Waals surface area contributed by atoms with Crippen molar-refractivity contribution in [3.05, 3.63) is 11.1 Å². The van der Waals surface area contributed by atoms with Gasteiger partial charge >= 0.3 is 6.16 Å². The van der Waals surface area contributed by atoms with Gasteiger partial charge in [0, 0.05) is 11.1 Å². The fourth-order valence-electron chi connectivity index (χ4n) is 1.34. The first kappa shape index (κ1) is 11.1. The van der Waals surface area contributed by atoms with Gasteiger partial charge in [-0.05, 0) is 13.8 Å². The molecule has 0 saturated heterocycles. The van der Waals surface area contributed by atoms with E-state index in [0.29, 0.717) is 11.2 Å². The second kappa shape index (κ2) is 3.89. The van der Waals surface area contributed by atoms with Gasteiger partial charge in [-0.2, -0.15) is 4.52 Å². The molecule has 0 aliphatic carbocycles. The maximum atomic E-state index is 11.0. The average molecular weight is 237 g/mol. The highest BCUT2D eigenvalue weighted by atomic mass is 16.7. The number of rotatable bonds is 1. The molecule has 0 radical (unpaired) electrons. The van der Waals surface area contributed by atoms with E-state index in [0.717, 1.165) is 5.56 Å². The van der Waals surface area contributed by atoms with Crippen molar-refractivity contribution < 1.29 is 14.3 Å². The lowest BCUT2D eigenvalue weighted by Crippen LogP contribution is -2.12. The van der Waals surface area contributed by atoms with Crippen LogP contribution < -0.4 is 10.5 Å². The number of aromatic nitrogens is 4. The van der Waals surface area contributed by atoms with Crippen LogP contribution in [0.5, 0.6) is 5.88 Å². The van der Waals surface area contributed by atoms with E-state index < -0.39 is 6.16 Å². The molecule has 0 spiro atoms. The van der Waals surface area contributed by atoms with Gasteiger partial charge < -0.3 is 15.2 Å². The molecule has 0 bridgehead atoms. The van der Waals surface area contributed by atoms with Crippen LogP contribution in [0.1, 0.15) is 11.1 Å². The first-order valence-electron chi connectivity index (χ1n) is 4.78. The maximum absolute atomic E-state index is 11.0. The molecule has 0 aliphatic rings. The number of hydrogen-bond donors (Lipinski definition) is 1. The molecule has 0 amide bonds. The molecule has 2 aromatic heterocycles. The standard InChI is InChI=1S/C9H11N5O3/c1-4-5(2)7(17-9(15)16-3)13-14-6(4)11-12-8(14)10/h1-3H3,(H2,10,12). The summed E-state index contributed by atoms with van der Waals surface area (Å²) in [4.78, 5) is 11.0. The highest BCUT2D eigenvalue weighted by Crippen LogP contribution is 2.22. The Morgan fingerprint density at radius 2 is 2.00 bits per heavy atom. The number of hydrogen-bond acceptors (Lipinski definition) is 7.